The summed E-state index contributed by atoms with van der Waals surface area (Å²) in [6.45, 7) is 83.1. The van der Waals surface area contributed by atoms with Gasteiger partial charge in [-0.15, -0.1) is 0 Å². The number of quaternary nitrogens is 8. The van der Waals surface area contributed by atoms with E-state index in [-0.39, 0.29) is 72.2 Å². The third-order valence-electron chi connectivity index (χ3n) is 24.5. The second kappa shape index (κ2) is 91.0. The Hall–Kier alpha value is -7.96. The van der Waals surface area contributed by atoms with E-state index in [1.807, 2.05) is 100 Å². The van der Waals surface area contributed by atoms with E-state index in [0.29, 0.717) is 77.4 Å². The molecule has 0 aliphatic rings. The van der Waals surface area contributed by atoms with Crippen molar-refractivity contribution < 1.29 is 130 Å². The van der Waals surface area contributed by atoms with E-state index in [0.717, 1.165) is 167 Å². The number of esters is 8. The Kier molecular flexibility index (Phi) is 95.8. The maximum Gasteiger partial charge on any atom is 0.338 e. The molecule has 4 aromatic carbocycles. The lowest BCUT2D eigenvalue weighted by Gasteiger charge is -2.39. The third-order valence-corrected chi connectivity index (χ3v) is 24.5. The first-order valence-corrected chi connectivity index (χ1v) is 52.1. The third kappa shape index (κ3) is 76.7. The van der Waals surface area contributed by atoms with Crippen molar-refractivity contribution in [2.24, 2.45) is 0 Å². The molecule has 0 aliphatic carbocycles. The summed E-state index contributed by atoms with van der Waals surface area (Å²) in [5.41, 5.74) is 2.50. The van der Waals surface area contributed by atoms with Gasteiger partial charge in [-0.3, -0.25) is 36.7 Å². The van der Waals surface area contributed by atoms with Crippen LogP contribution in [0.15, 0.2) is 121 Å². The summed E-state index contributed by atoms with van der Waals surface area (Å²) in [4.78, 5) is 90.3. The maximum atomic E-state index is 12.0. The summed E-state index contributed by atoms with van der Waals surface area (Å²) in [6, 6.07) is 36.6. The number of likely N-dealkylation sites (N-methyl/N-ethyl adjacent to an activating group) is 8. The van der Waals surface area contributed by atoms with Crippen molar-refractivity contribution >= 4 is 47.8 Å². The van der Waals surface area contributed by atoms with Crippen molar-refractivity contribution in [2.75, 3.05) is 268 Å². The Labute approximate surface area is 852 Å². The number of carbonyl (C=O) groups is 8. The first-order valence-electron chi connectivity index (χ1n) is 52.1. The van der Waals surface area contributed by atoms with Gasteiger partial charge in [-0.05, 0) is 197 Å². The summed E-state index contributed by atoms with van der Waals surface area (Å²) in [6.07, 6.45) is 12.1. The SMILES string of the molecule is CC(=O)OC(C)C[N+](C)(C)C.CCCC[N+](CC)(CCC)CC(C)OC(C)=O.CCCC[N+](CC)(CCC)CCOC(=O)c1ccccc1.CCC[N+](CC)(CCC)CC(C)OC(C)=O.CCC[N+](CC)(CCC)CCOC(=O)c1ccccc1.CC[N+](CC)(CC)CC(C)OC(C)=O.CC[N+](CC)(CC)CCOC(=O)c1ccccc1.CF.CF.CF.CF.C[N+](C)(C)CCOC(=O)c1ccccc1. The van der Waals surface area contributed by atoms with Crippen molar-refractivity contribution in [1.82, 2.24) is 0 Å². The van der Waals surface area contributed by atoms with Crippen LogP contribution >= 0.6 is 0 Å². The van der Waals surface area contributed by atoms with Gasteiger partial charge in [-0.2, -0.15) is 0 Å². The minimum absolute atomic E-state index is 0.00694. The van der Waals surface area contributed by atoms with Gasteiger partial charge in [0.05, 0.1) is 211 Å². The van der Waals surface area contributed by atoms with E-state index >= 15 is 0 Å². The molecule has 6 unspecified atom stereocenters. The van der Waals surface area contributed by atoms with Crippen molar-refractivity contribution in [3.63, 3.8) is 0 Å². The average Bonchev–Trinajstić information content (AvgIpc) is 0.886. The van der Waals surface area contributed by atoms with Gasteiger partial charge in [0.2, 0.25) is 0 Å². The van der Waals surface area contributed by atoms with Crippen molar-refractivity contribution in [3.05, 3.63) is 144 Å². The van der Waals surface area contributed by atoms with Crippen LogP contribution in [0.1, 0.15) is 286 Å². The van der Waals surface area contributed by atoms with E-state index in [9.17, 15) is 55.9 Å². The lowest BCUT2D eigenvalue weighted by Crippen LogP contribution is -2.53. The van der Waals surface area contributed by atoms with Gasteiger partial charge < -0.3 is 73.8 Å². The van der Waals surface area contributed by atoms with E-state index in [4.69, 9.17) is 37.9 Å². The molecule has 0 amide bonds. The van der Waals surface area contributed by atoms with E-state index in [2.05, 4.69) is 167 Å². The van der Waals surface area contributed by atoms with Crippen LogP contribution in [0.3, 0.4) is 0 Å². The van der Waals surface area contributed by atoms with Crippen molar-refractivity contribution in [2.45, 2.75) is 269 Å². The average molecular weight is 2000 g/mol. The highest BCUT2D eigenvalue weighted by atomic mass is 19.1. The molecule has 0 aromatic heterocycles. The molecule has 0 saturated carbocycles. The molecule has 0 bridgehead atoms. The largest absolute Gasteiger partial charge is 0.457 e. The zero-order valence-electron chi connectivity index (χ0n) is 95.8. The molecule has 140 heavy (non-hydrogen) atoms. The van der Waals surface area contributed by atoms with Crippen LogP contribution in [0.5, 0.6) is 0 Å². The van der Waals surface area contributed by atoms with Crippen molar-refractivity contribution in [3.8, 4) is 0 Å². The molecule has 6 atom stereocenters. The Morgan fingerprint density at radius 1 is 0.229 bits per heavy atom. The molecule has 0 heterocycles. The van der Waals surface area contributed by atoms with Crippen molar-refractivity contribution in [1.29, 1.82) is 0 Å². The van der Waals surface area contributed by atoms with Crippen LogP contribution in [0, 0.1) is 0 Å². The molecule has 28 heteroatoms. The van der Waals surface area contributed by atoms with E-state index < -0.39 is 0 Å². The molecular formula is C112H212F4N8O16+8. The summed E-state index contributed by atoms with van der Waals surface area (Å²) in [7, 11) is 14.4. The summed E-state index contributed by atoms with van der Waals surface area (Å²) < 4.78 is 87.9. The number of hydrogen-bond donors (Lipinski definition) is 0. The van der Waals surface area contributed by atoms with Gasteiger partial charge in [0.15, 0.2) is 0 Å². The molecule has 4 aromatic rings. The summed E-state index contributed by atoms with van der Waals surface area (Å²) in [5, 5.41) is 0. The highest BCUT2D eigenvalue weighted by Crippen LogP contribution is 2.19. The fraction of sp³-hybridized carbons (Fsp3) is 0.714. The number of nitrogens with zero attached hydrogens (tertiary/aromatic N) is 8. The smallest absolute Gasteiger partial charge is 0.338 e. The number of unbranched alkanes of at least 4 members (excludes halogenated alkanes) is 2. The topological polar surface area (TPSA) is 210 Å². The Morgan fingerprint density at radius 3 is 0.614 bits per heavy atom. The molecule has 0 spiro atoms. The molecule has 0 radical (unpaired) electrons. The van der Waals surface area contributed by atoms with Gasteiger partial charge in [-0.25, -0.2) is 19.2 Å². The normalized spacial score (nSPS) is 12.5. The number of alkyl halides is 4. The summed E-state index contributed by atoms with van der Waals surface area (Å²) >= 11 is 0. The van der Waals surface area contributed by atoms with Gasteiger partial charge in [0, 0.05) is 27.7 Å². The van der Waals surface area contributed by atoms with Gasteiger partial charge in [0.1, 0.15) is 103 Å². The predicted molar refractivity (Wildman–Crippen MR) is 572 cm³/mol. The zero-order chi connectivity index (χ0) is 109. The molecule has 0 N–H and O–H groups in total. The van der Waals surface area contributed by atoms with Gasteiger partial charge in [-0.1, -0.05) is 141 Å². The molecule has 0 aliphatic heterocycles. The zero-order valence-corrected chi connectivity index (χ0v) is 95.8. The number of halogens is 4. The Bertz CT molecular complexity index is 3560. The maximum absolute atomic E-state index is 12.0. The number of hydrogen-bond acceptors (Lipinski definition) is 16. The molecule has 816 valence electrons. The predicted octanol–water partition coefficient (Wildman–Crippen LogP) is 22.0. The second-order valence-corrected chi connectivity index (χ2v) is 37.6. The second-order valence-electron chi connectivity index (χ2n) is 37.6. The fourth-order valence-electron chi connectivity index (χ4n) is 16.9. The van der Waals surface area contributed by atoms with Gasteiger partial charge >= 0.3 is 47.8 Å². The van der Waals surface area contributed by atoms with Crippen LogP contribution in [0.2, 0.25) is 0 Å². The van der Waals surface area contributed by atoms with Crippen LogP contribution in [0.25, 0.3) is 0 Å². The van der Waals surface area contributed by atoms with Crippen LogP contribution in [-0.2, 0) is 57.1 Å². The van der Waals surface area contributed by atoms with Crippen LogP contribution in [-0.4, -0.2) is 376 Å². The monoisotopic (exact) mass is 2000 g/mol. The van der Waals surface area contributed by atoms with Crippen LogP contribution in [0.4, 0.5) is 17.6 Å². The van der Waals surface area contributed by atoms with Gasteiger partial charge in [0.25, 0.3) is 0 Å². The van der Waals surface area contributed by atoms with Crippen LogP contribution < -0.4 is 0 Å². The van der Waals surface area contributed by atoms with E-state index in [1.165, 1.54) is 131 Å². The Morgan fingerprint density at radius 2 is 0.414 bits per heavy atom. The fourth-order valence-corrected chi connectivity index (χ4v) is 16.9. The number of ether oxygens (including phenoxy) is 8. The number of rotatable bonds is 56. The highest BCUT2D eigenvalue weighted by Gasteiger charge is 2.32. The standard InChI is InChI=1S/C18H30NO2.C17H28NO2.C15H24NO2.C14H30NO2.C13H28NO2.C12H18NO2.C11H24NO2.C8H18NO2.4CH3F/c1-4-7-14-19(6-3,13-5-2)15-16-21-18(20)17-11-9-8-10-12-17;1-4-12-18(6-3,13-5-2)14-15-20-17(19)16-10-8-7-9-11-16;1-4-16(5-2,6-3)12-13-18-15(17)14-10-8-7-9-11-14;1-6-9-11-15(8-3,10-7-2)12-13(4)17-14(5)16;1-6-9-14(8-3,10-7-2)11-12(4)16-13(5)15;1-13(2,3)9-10-15-12(14)11-7-5-4-6-8-11;1-6-12(7-2,8-3)9-10(4)14-11(5)13;1-7(11-8(2)10)6-9(3,4)5;4*1-2/h8-12H,4-7,13-16H2,1-3H3;7-11H,4-6,12-15H2,1-3H3;7-11H,4-6,12-13H2,1-3H3;13H,6-12H2,1-5H3;12H,6-11H2,1-5H3;4-8H,9-10H2,1-3H3;10H,6-9H2,1-5H3;7H,6H2,1-5H3;4*1H3/q8*+1;;;;. The lowest BCUT2D eigenvalue weighted by molar-refractivity contribution is -0.929. The first kappa shape index (κ1) is 147. The first-order chi connectivity index (χ1) is 66.3. The highest BCUT2D eigenvalue weighted by molar-refractivity contribution is 5.90. The van der Waals surface area contributed by atoms with E-state index in [1.54, 1.807) is 48.5 Å². The summed E-state index contributed by atoms with van der Waals surface area (Å²) in [5.74, 6) is -1.62. The molecule has 0 fully saturated rings. The minimum Gasteiger partial charge on any atom is -0.457 e. The molecule has 0 saturated heterocycles. The minimum atomic E-state index is -0.246. The lowest BCUT2D eigenvalue weighted by atomic mass is 10.2. The molecular weight excluding hydrogens is 1790 g/mol. The number of carbonyl (C=O) groups excluding carboxylic acids is 8. The number of benzene rings is 4. The Balaban J connectivity index is -0.000000236. The molecule has 24 nitrogen and oxygen atoms in total. The molecule has 4 rings (SSSR count). The quantitative estimate of drug-likeness (QED) is 0.0174.